The van der Waals surface area contributed by atoms with Crippen LogP contribution in [0.1, 0.15) is 50.8 Å². The van der Waals surface area contributed by atoms with Gasteiger partial charge in [-0.25, -0.2) is 18.2 Å². The van der Waals surface area contributed by atoms with Gasteiger partial charge in [-0.3, -0.25) is 9.47 Å². The summed E-state index contributed by atoms with van der Waals surface area (Å²) in [4.78, 5) is 17.9. The fourth-order valence-electron chi connectivity index (χ4n) is 6.28. The van der Waals surface area contributed by atoms with Gasteiger partial charge in [0.25, 0.3) is 6.43 Å². The van der Waals surface area contributed by atoms with Gasteiger partial charge in [0, 0.05) is 31.2 Å². The van der Waals surface area contributed by atoms with E-state index in [4.69, 9.17) is 9.47 Å². The summed E-state index contributed by atoms with van der Waals surface area (Å²) in [5, 5.41) is 0. The molecule has 0 amide bonds. The lowest BCUT2D eigenvalue weighted by Gasteiger charge is -2.37. The van der Waals surface area contributed by atoms with Gasteiger partial charge >= 0.3 is 0 Å². The zero-order chi connectivity index (χ0) is 26.8. The molecule has 3 aromatic rings. The molecule has 1 atom stereocenters. The maximum Gasteiger partial charge on any atom is 0.296 e. The summed E-state index contributed by atoms with van der Waals surface area (Å²) >= 11 is 0. The number of ether oxygens (including phenoxy) is 2. The van der Waals surface area contributed by atoms with Crippen molar-refractivity contribution in [2.75, 3.05) is 51.0 Å². The van der Waals surface area contributed by atoms with Crippen LogP contribution in [0.4, 0.5) is 19.1 Å². The molecule has 4 heterocycles. The van der Waals surface area contributed by atoms with E-state index in [-0.39, 0.29) is 18.5 Å². The van der Waals surface area contributed by atoms with E-state index < -0.39 is 6.43 Å². The van der Waals surface area contributed by atoms with E-state index in [1.807, 2.05) is 4.90 Å². The molecule has 8 nitrogen and oxygen atoms in total. The zero-order valence-corrected chi connectivity index (χ0v) is 22.0. The van der Waals surface area contributed by atoms with Crippen molar-refractivity contribution < 1.29 is 22.6 Å². The Morgan fingerprint density at radius 1 is 0.974 bits per heavy atom. The number of hydrogen-bond acceptors (Lipinski definition) is 7. The van der Waals surface area contributed by atoms with Crippen molar-refractivity contribution in [3.05, 3.63) is 36.2 Å². The molecular formula is C28H35F3N6O2. The lowest BCUT2D eigenvalue weighted by molar-refractivity contribution is 0.0954. The molecule has 2 saturated heterocycles. The summed E-state index contributed by atoms with van der Waals surface area (Å²) in [6.07, 6.45) is 3.37. The smallest absolute Gasteiger partial charge is 0.296 e. The number of fused-ring (bicyclic) bond motifs is 1. The van der Waals surface area contributed by atoms with Gasteiger partial charge in [0.2, 0.25) is 11.8 Å². The summed E-state index contributed by atoms with van der Waals surface area (Å²) in [5.74, 6) is 1.10. The van der Waals surface area contributed by atoms with Gasteiger partial charge in [-0.15, -0.1) is 0 Å². The Hall–Kier alpha value is -2.92. The molecule has 0 radical (unpaired) electrons. The zero-order valence-electron chi connectivity index (χ0n) is 22.0. The third-order valence-corrected chi connectivity index (χ3v) is 8.34. The van der Waals surface area contributed by atoms with Gasteiger partial charge in [-0.1, -0.05) is 12.1 Å². The van der Waals surface area contributed by atoms with Crippen LogP contribution in [-0.2, 0) is 4.74 Å². The Kier molecular flexibility index (Phi) is 7.87. The highest BCUT2D eigenvalue weighted by atomic mass is 19.3. The summed E-state index contributed by atoms with van der Waals surface area (Å²) in [5.41, 5.74) is 1.03. The lowest BCUT2D eigenvalue weighted by atomic mass is 9.85. The van der Waals surface area contributed by atoms with Crippen LogP contribution in [0.3, 0.4) is 0 Å². The van der Waals surface area contributed by atoms with Crippen LogP contribution in [0, 0.1) is 5.92 Å². The number of likely N-dealkylation sites (tertiary alicyclic amines) is 1. The molecule has 1 aliphatic carbocycles. The number of benzene rings is 1. The van der Waals surface area contributed by atoms with Gasteiger partial charge in [0.15, 0.2) is 5.82 Å². The van der Waals surface area contributed by atoms with Crippen LogP contribution < -0.4 is 9.64 Å². The summed E-state index contributed by atoms with van der Waals surface area (Å²) in [6, 6.07) is 9.21. The van der Waals surface area contributed by atoms with E-state index >= 15 is 0 Å². The van der Waals surface area contributed by atoms with Crippen LogP contribution >= 0.6 is 0 Å². The molecule has 210 valence electrons. The van der Waals surface area contributed by atoms with Gasteiger partial charge in [-0.2, -0.15) is 9.97 Å². The first kappa shape index (κ1) is 26.3. The van der Waals surface area contributed by atoms with E-state index in [1.165, 1.54) is 4.57 Å². The second-order valence-electron chi connectivity index (χ2n) is 10.7. The second kappa shape index (κ2) is 11.7. The quantitative estimate of drug-likeness (QED) is 0.397. The van der Waals surface area contributed by atoms with Crippen LogP contribution in [-0.4, -0.2) is 82.6 Å². The molecule has 1 saturated carbocycles. The highest BCUT2D eigenvalue weighted by Crippen LogP contribution is 2.33. The highest BCUT2D eigenvalue weighted by molar-refractivity contribution is 5.78. The van der Waals surface area contributed by atoms with Crippen LogP contribution in [0.5, 0.6) is 5.88 Å². The third-order valence-electron chi connectivity index (χ3n) is 8.34. The first-order valence-corrected chi connectivity index (χ1v) is 14.0. The molecule has 0 unspecified atom stereocenters. The summed E-state index contributed by atoms with van der Waals surface area (Å²) < 4.78 is 54.7. The number of imidazole rings is 1. The Balaban J connectivity index is 1.23. The predicted octanol–water partition coefficient (Wildman–Crippen LogP) is 4.96. The van der Waals surface area contributed by atoms with Gasteiger partial charge in [0.1, 0.15) is 12.5 Å². The number of alkyl halides is 3. The Morgan fingerprint density at radius 2 is 1.77 bits per heavy atom. The molecule has 1 aromatic carbocycles. The molecule has 0 N–H and O–H groups in total. The van der Waals surface area contributed by atoms with Crippen LogP contribution in [0.2, 0.25) is 0 Å². The topological polar surface area (TPSA) is 68.5 Å². The van der Waals surface area contributed by atoms with E-state index in [1.54, 1.807) is 30.3 Å². The SMILES string of the molecule is FC[C@@H]1CCCN1C1CCC(COc2cc(-n3c(C(F)F)nc4ccccc43)nc(N3CCOCC3)n2)CC1. The molecule has 39 heavy (non-hydrogen) atoms. The van der Waals surface area contributed by atoms with Crippen molar-refractivity contribution in [2.45, 2.75) is 57.0 Å². The minimum Gasteiger partial charge on any atom is -0.477 e. The second-order valence-corrected chi connectivity index (χ2v) is 10.7. The summed E-state index contributed by atoms with van der Waals surface area (Å²) in [6.45, 7) is 3.53. The number of halogens is 3. The van der Waals surface area contributed by atoms with E-state index in [0.717, 1.165) is 45.1 Å². The van der Waals surface area contributed by atoms with E-state index in [9.17, 15) is 13.2 Å². The number of hydrogen-bond donors (Lipinski definition) is 0. The lowest BCUT2D eigenvalue weighted by Crippen LogP contribution is -2.42. The maximum atomic E-state index is 14.1. The van der Waals surface area contributed by atoms with Crippen molar-refractivity contribution in [3.8, 4) is 11.7 Å². The molecule has 3 aliphatic rings. The number of aromatic nitrogens is 4. The fourth-order valence-corrected chi connectivity index (χ4v) is 6.28. The highest BCUT2D eigenvalue weighted by Gasteiger charge is 2.33. The van der Waals surface area contributed by atoms with Crippen molar-refractivity contribution in [2.24, 2.45) is 5.92 Å². The Morgan fingerprint density at radius 3 is 2.54 bits per heavy atom. The minimum absolute atomic E-state index is 0.0817. The molecule has 6 rings (SSSR count). The molecule has 3 fully saturated rings. The molecule has 0 bridgehead atoms. The standard InChI is InChI=1S/C28H35F3N6O2/c29-17-21-4-3-11-36(21)20-9-7-19(8-10-20)18-39-25-16-24(33-28(34-25)35-12-14-38-15-13-35)37-23-6-2-1-5-22(23)32-27(37)26(30)31/h1-2,5-6,16,19-21,26H,3-4,7-15,17-18H2/t19?,20?,21-/m0/s1. The average Bonchev–Trinajstić information content (AvgIpc) is 3.62. The normalized spacial score (nSPS) is 24.6. The minimum atomic E-state index is -2.77. The number of para-hydroxylation sites is 2. The van der Waals surface area contributed by atoms with Crippen molar-refractivity contribution >= 4 is 17.0 Å². The first-order chi connectivity index (χ1) is 19.1. The van der Waals surface area contributed by atoms with Gasteiger partial charge in [0.05, 0.1) is 30.9 Å². The van der Waals surface area contributed by atoms with E-state index in [0.29, 0.717) is 73.5 Å². The fraction of sp³-hybridized carbons (Fsp3) is 0.607. The average molecular weight is 545 g/mol. The maximum absolute atomic E-state index is 14.1. The largest absolute Gasteiger partial charge is 0.477 e. The van der Waals surface area contributed by atoms with Gasteiger partial charge in [-0.05, 0) is 63.1 Å². The number of anilines is 1. The monoisotopic (exact) mass is 544 g/mol. The number of nitrogens with zero attached hydrogens (tertiary/aromatic N) is 6. The molecular weight excluding hydrogens is 509 g/mol. The third kappa shape index (κ3) is 5.56. The van der Waals surface area contributed by atoms with Crippen molar-refractivity contribution in [3.63, 3.8) is 0 Å². The Labute approximate surface area is 226 Å². The predicted molar refractivity (Wildman–Crippen MR) is 142 cm³/mol. The molecule has 11 heteroatoms. The van der Waals surface area contributed by atoms with Crippen molar-refractivity contribution in [1.29, 1.82) is 0 Å². The number of morpholine rings is 1. The first-order valence-electron chi connectivity index (χ1n) is 14.0. The summed E-state index contributed by atoms with van der Waals surface area (Å²) in [7, 11) is 0. The molecule has 2 aliphatic heterocycles. The molecule has 0 spiro atoms. The van der Waals surface area contributed by atoms with Gasteiger partial charge < -0.3 is 14.4 Å². The van der Waals surface area contributed by atoms with E-state index in [2.05, 4.69) is 19.9 Å². The Bertz CT molecular complexity index is 1260. The van der Waals surface area contributed by atoms with Crippen LogP contribution in [0.25, 0.3) is 16.9 Å². The molecule has 2 aromatic heterocycles. The van der Waals surface area contributed by atoms with Crippen molar-refractivity contribution in [1.82, 2.24) is 24.4 Å². The van der Waals surface area contributed by atoms with Crippen LogP contribution in [0.15, 0.2) is 30.3 Å². The number of rotatable bonds is 8.